The van der Waals surface area contributed by atoms with Crippen molar-refractivity contribution >= 4 is 11.5 Å². The smallest absolute Gasteiger partial charge is 0.347 e. The van der Waals surface area contributed by atoms with Crippen LogP contribution in [0.15, 0.2) is 11.0 Å². The molecule has 136 valence electrons. The standard InChI is InChI=1S/C19H29N5O/c1-18(2,3)14-10-24-16(22-23-17(24)25)15(21-14)20-9-11-6-7-12-8-13(11)19(12,4)5/h10-13H,6-9H2,1-5H3,(H,20,21)(H,23,25)/t11-,12?,13?/m0/s1. The molecule has 6 nitrogen and oxygen atoms in total. The lowest BCUT2D eigenvalue weighted by atomic mass is 9.45. The monoisotopic (exact) mass is 343 g/mol. The summed E-state index contributed by atoms with van der Waals surface area (Å²) in [6.45, 7) is 12.1. The highest BCUT2D eigenvalue weighted by atomic mass is 16.1. The predicted octanol–water partition coefficient (Wildman–Crippen LogP) is 3.20. The zero-order valence-corrected chi connectivity index (χ0v) is 15.9. The maximum Gasteiger partial charge on any atom is 0.347 e. The maximum atomic E-state index is 12.0. The van der Waals surface area contributed by atoms with Gasteiger partial charge in [-0.15, -0.1) is 5.10 Å². The molecule has 2 aromatic heterocycles. The first-order valence-electron chi connectivity index (χ1n) is 9.40. The molecule has 2 N–H and O–H groups in total. The minimum Gasteiger partial charge on any atom is -0.367 e. The molecule has 0 aromatic carbocycles. The van der Waals surface area contributed by atoms with Crippen LogP contribution in [0.2, 0.25) is 0 Å². The van der Waals surface area contributed by atoms with Crippen molar-refractivity contribution in [3.8, 4) is 0 Å². The van der Waals surface area contributed by atoms with E-state index in [4.69, 9.17) is 4.98 Å². The van der Waals surface area contributed by atoms with Gasteiger partial charge in [-0.3, -0.25) is 0 Å². The summed E-state index contributed by atoms with van der Waals surface area (Å²) in [4.78, 5) is 16.8. The van der Waals surface area contributed by atoms with E-state index >= 15 is 0 Å². The van der Waals surface area contributed by atoms with Crippen LogP contribution in [-0.4, -0.2) is 26.1 Å². The van der Waals surface area contributed by atoms with E-state index in [2.05, 4.69) is 50.1 Å². The predicted molar refractivity (Wildman–Crippen MR) is 98.9 cm³/mol. The highest BCUT2D eigenvalue weighted by Gasteiger charge is 2.53. The molecule has 0 radical (unpaired) electrons. The van der Waals surface area contributed by atoms with Crippen molar-refractivity contribution in [2.45, 2.75) is 59.3 Å². The lowest BCUT2D eigenvalue weighted by Gasteiger charge is -2.60. The normalized spacial score (nSPS) is 28.0. The van der Waals surface area contributed by atoms with Gasteiger partial charge in [0.2, 0.25) is 5.65 Å². The van der Waals surface area contributed by atoms with Crippen LogP contribution in [0.3, 0.4) is 0 Å². The van der Waals surface area contributed by atoms with Gasteiger partial charge in [0.1, 0.15) is 0 Å². The largest absolute Gasteiger partial charge is 0.367 e. The average Bonchev–Trinajstić information content (AvgIpc) is 2.93. The van der Waals surface area contributed by atoms with Gasteiger partial charge in [0.15, 0.2) is 5.82 Å². The zero-order valence-electron chi connectivity index (χ0n) is 15.9. The van der Waals surface area contributed by atoms with Crippen molar-refractivity contribution in [1.82, 2.24) is 19.6 Å². The Bertz CT molecular complexity index is 855. The van der Waals surface area contributed by atoms with Crippen LogP contribution in [0.5, 0.6) is 0 Å². The van der Waals surface area contributed by atoms with E-state index in [-0.39, 0.29) is 11.1 Å². The molecule has 2 unspecified atom stereocenters. The van der Waals surface area contributed by atoms with E-state index in [0.29, 0.717) is 22.8 Å². The molecule has 6 heteroatoms. The fourth-order valence-electron chi connectivity index (χ4n) is 4.83. The van der Waals surface area contributed by atoms with Crippen LogP contribution in [0.25, 0.3) is 5.65 Å². The molecule has 0 saturated heterocycles. The van der Waals surface area contributed by atoms with E-state index in [0.717, 1.165) is 24.1 Å². The molecule has 2 heterocycles. The molecule has 3 atom stereocenters. The summed E-state index contributed by atoms with van der Waals surface area (Å²) < 4.78 is 1.57. The minimum atomic E-state index is -0.216. The van der Waals surface area contributed by atoms with Crippen molar-refractivity contribution in [3.63, 3.8) is 0 Å². The first-order chi connectivity index (χ1) is 11.7. The Labute approximate surface area is 148 Å². The summed E-state index contributed by atoms with van der Waals surface area (Å²) in [5, 5.41) is 10.2. The van der Waals surface area contributed by atoms with Crippen LogP contribution in [0.4, 0.5) is 5.82 Å². The van der Waals surface area contributed by atoms with Crippen LogP contribution in [0, 0.1) is 23.2 Å². The fraction of sp³-hybridized carbons (Fsp3) is 0.737. The van der Waals surface area contributed by atoms with Crippen molar-refractivity contribution in [2.75, 3.05) is 11.9 Å². The van der Waals surface area contributed by atoms with Gasteiger partial charge in [0.25, 0.3) is 0 Å². The SMILES string of the molecule is CC(C)(C)c1cn2c(=O)[nH]nc2c(NC[C@@H]2CCC3CC2C3(C)C)n1. The van der Waals surface area contributed by atoms with Gasteiger partial charge in [0.05, 0.1) is 5.69 Å². The van der Waals surface area contributed by atoms with E-state index in [1.165, 1.54) is 19.3 Å². The minimum absolute atomic E-state index is 0.130. The summed E-state index contributed by atoms with van der Waals surface area (Å²) in [5.41, 5.74) is 1.60. The van der Waals surface area contributed by atoms with Crippen LogP contribution in [0.1, 0.15) is 59.6 Å². The molecule has 3 saturated carbocycles. The summed E-state index contributed by atoms with van der Waals surface area (Å²) >= 11 is 0. The molecule has 0 aliphatic heterocycles. The van der Waals surface area contributed by atoms with E-state index < -0.39 is 0 Å². The Hall–Kier alpha value is -1.85. The van der Waals surface area contributed by atoms with Gasteiger partial charge in [0, 0.05) is 18.2 Å². The summed E-state index contributed by atoms with van der Waals surface area (Å²) in [5.74, 6) is 3.09. The average molecular weight is 343 g/mol. The molecule has 0 spiro atoms. The van der Waals surface area contributed by atoms with Gasteiger partial charge in [-0.25, -0.2) is 19.3 Å². The lowest BCUT2D eigenvalue weighted by molar-refractivity contribution is -0.100. The number of anilines is 1. The summed E-state index contributed by atoms with van der Waals surface area (Å²) in [6.07, 6.45) is 5.79. The van der Waals surface area contributed by atoms with E-state index in [9.17, 15) is 4.79 Å². The van der Waals surface area contributed by atoms with Crippen molar-refractivity contribution in [2.24, 2.45) is 23.2 Å². The molecule has 3 aliphatic carbocycles. The number of aromatic amines is 1. The second kappa shape index (κ2) is 5.32. The lowest BCUT2D eigenvalue weighted by Crippen LogP contribution is -2.53. The van der Waals surface area contributed by atoms with Gasteiger partial charge in [-0.2, -0.15) is 0 Å². The Morgan fingerprint density at radius 3 is 2.76 bits per heavy atom. The molecule has 3 aliphatic rings. The molecule has 0 amide bonds. The topological polar surface area (TPSA) is 75.1 Å². The molecule has 2 aromatic rings. The van der Waals surface area contributed by atoms with Gasteiger partial charge in [-0.05, 0) is 42.4 Å². The number of aromatic nitrogens is 4. The fourth-order valence-corrected chi connectivity index (χ4v) is 4.83. The van der Waals surface area contributed by atoms with Gasteiger partial charge < -0.3 is 5.32 Å². The number of nitrogens with zero attached hydrogens (tertiary/aromatic N) is 3. The third-order valence-corrected chi connectivity index (χ3v) is 6.70. The van der Waals surface area contributed by atoms with E-state index in [1.807, 2.05) is 0 Å². The molecule has 3 fully saturated rings. The van der Waals surface area contributed by atoms with Crippen LogP contribution in [-0.2, 0) is 5.41 Å². The molecule has 2 bridgehead atoms. The number of hydrogen-bond donors (Lipinski definition) is 2. The van der Waals surface area contributed by atoms with Gasteiger partial charge >= 0.3 is 5.69 Å². The third-order valence-electron chi connectivity index (χ3n) is 6.70. The first kappa shape index (κ1) is 16.6. The maximum absolute atomic E-state index is 12.0. The number of H-pyrrole nitrogens is 1. The summed E-state index contributed by atoms with van der Waals surface area (Å²) in [7, 11) is 0. The third kappa shape index (κ3) is 2.57. The number of fused-ring (bicyclic) bond motifs is 3. The van der Waals surface area contributed by atoms with Crippen molar-refractivity contribution < 1.29 is 0 Å². The van der Waals surface area contributed by atoms with Crippen molar-refractivity contribution in [3.05, 3.63) is 22.4 Å². The van der Waals surface area contributed by atoms with Crippen LogP contribution < -0.4 is 11.0 Å². The Kier molecular flexibility index (Phi) is 3.54. The Morgan fingerprint density at radius 1 is 1.36 bits per heavy atom. The quantitative estimate of drug-likeness (QED) is 0.897. The van der Waals surface area contributed by atoms with E-state index in [1.54, 1.807) is 10.6 Å². The molecule has 25 heavy (non-hydrogen) atoms. The number of nitrogens with one attached hydrogen (secondary N) is 2. The van der Waals surface area contributed by atoms with Crippen molar-refractivity contribution in [1.29, 1.82) is 0 Å². The van der Waals surface area contributed by atoms with Gasteiger partial charge in [-0.1, -0.05) is 34.6 Å². The second-order valence-electron chi connectivity index (χ2n) is 9.53. The Balaban J connectivity index is 1.62. The highest BCUT2D eigenvalue weighted by Crippen LogP contribution is 2.61. The number of hydrogen-bond acceptors (Lipinski definition) is 4. The Morgan fingerprint density at radius 2 is 2.12 bits per heavy atom. The molecule has 5 rings (SSSR count). The van der Waals surface area contributed by atoms with Crippen LogP contribution >= 0.6 is 0 Å². The summed E-state index contributed by atoms with van der Waals surface area (Å²) in [6, 6.07) is 0. The first-order valence-corrected chi connectivity index (χ1v) is 9.40. The second-order valence-corrected chi connectivity index (χ2v) is 9.53. The molecular weight excluding hydrogens is 314 g/mol. The number of rotatable bonds is 3. The zero-order chi connectivity index (χ0) is 18.0. The molecular formula is C19H29N5O. The highest BCUT2D eigenvalue weighted by molar-refractivity contribution is 5.62.